The van der Waals surface area contributed by atoms with Crippen LogP contribution in [0.3, 0.4) is 0 Å². The van der Waals surface area contributed by atoms with E-state index in [1.165, 1.54) is 0 Å². The zero-order chi connectivity index (χ0) is 23.6. The Morgan fingerprint density at radius 1 is 0.906 bits per heavy atom. The molecule has 13 atom stereocenters. The number of aliphatic hydroxyl groups excluding tert-OH is 5. The molecule has 0 aromatic heterocycles. The van der Waals surface area contributed by atoms with E-state index < -0.39 is 41.3 Å². The molecule has 4 rings (SSSR count). The molecule has 32 heavy (non-hydrogen) atoms. The maximum Gasteiger partial charge on any atom is 0.0857 e. The van der Waals surface area contributed by atoms with Gasteiger partial charge < -0.3 is 30.6 Å². The fraction of sp³-hybridized carbons (Fsp3) is 0.923. The van der Waals surface area contributed by atoms with Crippen molar-refractivity contribution in [2.45, 2.75) is 96.2 Å². The van der Waals surface area contributed by atoms with Crippen molar-refractivity contribution in [3.8, 4) is 0 Å². The van der Waals surface area contributed by atoms with Crippen molar-refractivity contribution >= 4 is 0 Å². The molecule has 0 aromatic carbocycles. The van der Waals surface area contributed by atoms with E-state index in [1.54, 1.807) is 0 Å². The molecule has 4 aliphatic carbocycles. The number of hydrogen-bond acceptors (Lipinski definition) is 6. The summed E-state index contributed by atoms with van der Waals surface area (Å²) in [4.78, 5) is 0. The van der Waals surface area contributed by atoms with Gasteiger partial charge in [0.05, 0.1) is 30.0 Å². The molecule has 6 nitrogen and oxygen atoms in total. The molecule has 4 fully saturated rings. The molecule has 0 bridgehead atoms. The standard InChI is InChI=1S/C26H44O6/c1-14(13-27)5-6-15(2)16-11-18(29)23-24(16,3)10-8-20-25(4)9-7-17(28)22(31)21(25)19(30)12-26(20,23)32/h5-6,14-23,27-32H,7-13H2,1-4H3/b6-5+/t14?,15-,16-,17+,18-,19+,20?,21?,22+,23?,24-,25-,26+/m1/s1. The molecule has 4 aliphatic rings. The van der Waals surface area contributed by atoms with Crippen molar-refractivity contribution in [1.29, 1.82) is 0 Å². The van der Waals surface area contributed by atoms with Crippen LogP contribution in [0.25, 0.3) is 0 Å². The second-order valence-electron chi connectivity index (χ2n) is 12.3. The molecule has 4 unspecified atom stereocenters. The van der Waals surface area contributed by atoms with E-state index in [0.29, 0.717) is 19.3 Å². The van der Waals surface area contributed by atoms with Crippen molar-refractivity contribution < 1.29 is 30.6 Å². The molecular weight excluding hydrogens is 408 g/mol. The summed E-state index contributed by atoms with van der Waals surface area (Å²) in [7, 11) is 0. The first-order valence-electron chi connectivity index (χ1n) is 12.6. The average Bonchev–Trinajstić information content (AvgIpc) is 3.00. The summed E-state index contributed by atoms with van der Waals surface area (Å²) < 4.78 is 0. The van der Waals surface area contributed by atoms with Gasteiger partial charge in [-0.1, -0.05) is 39.8 Å². The highest BCUT2D eigenvalue weighted by atomic mass is 16.3. The van der Waals surface area contributed by atoms with E-state index in [0.717, 1.165) is 12.8 Å². The Morgan fingerprint density at radius 2 is 1.56 bits per heavy atom. The monoisotopic (exact) mass is 452 g/mol. The van der Waals surface area contributed by atoms with E-state index >= 15 is 0 Å². The lowest BCUT2D eigenvalue weighted by Gasteiger charge is -2.66. The first-order valence-corrected chi connectivity index (χ1v) is 12.6. The van der Waals surface area contributed by atoms with Gasteiger partial charge in [-0.25, -0.2) is 0 Å². The Morgan fingerprint density at radius 3 is 2.22 bits per heavy atom. The number of allylic oxidation sites excluding steroid dienone is 1. The average molecular weight is 453 g/mol. The Labute approximate surface area is 192 Å². The summed E-state index contributed by atoms with van der Waals surface area (Å²) >= 11 is 0. The van der Waals surface area contributed by atoms with Crippen molar-refractivity contribution in [3.63, 3.8) is 0 Å². The van der Waals surface area contributed by atoms with E-state index in [9.17, 15) is 30.6 Å². The van der Waals surface area contributed by atoms with Crippen molar-refractivity contribution in [1.82, 2.24) is 0 Å². The van der Waals surface area contributed by atoms with Crippen LogP contribution in [0.2, 0.25) is 0 Å². The molecule has 0 heterocycles. The third-order valence-electron chi connectivity index (χ3n) is 10.5. The molecular formula is C26H44O6. The van der Waals surface area contributed by atoms with Gasteiger partial charge in [0.15, 0.2) is 0 Å². The third-order valence-corrected chi connectivity index (χ3v) is 10.5. The lowest BCUT2D eigenvalue weighted by Crippen LogP contribution is -2.70. The van der Waals surface area contributed by atoms with Gasteiger partial charge in [-0.2, -0.15) is 0 Å². The molecule has 184 valence electrons. The normalized spacial score (nSPS) is 55.2. The van der Waals surface area contributed by atoms with E-state index in [4.69, 9.17) is 0 Å². The Hall–Kier alpha value is -0.500. The summed E-state index contributed by atoms with van der Waals surface area (Å²) in [6, 6.07) is 0. The highest BCUT2D eigenvalue weighted by Crippen LogP contribution is 2.69. The topological polar surface area (TPSA) is 121 Å². The predicted octanol–water partition coefficient (Wildman–Crippen LogP) is 1.85. The Kier molecular flexibility index (Phi) is 6.40. The van der Waals surface area contributed by atoms with Crippen LogP contribution in [-0.4, -0.2) is 67.3 Å². The van der Waals surface area contributed by atoms with Gasteiger partial charge in [-0.15, -0.1) is 0 Å². The third kappa shape index (κ3) is 3.44. The summed E-state index contributed by atoms with van der Waals surface area (Å²) in [5.41, 5.74) is -1.94. The van der Waals surface area contributed by atoms with Gasteiger partial charge in [0.2, 0.25) is 0 Å². The van der Waals surface area contributed by atoms with Gasteiger partial charge in [0.25, 0.3) is 0 Å². The molecule has 0 spiro atoms. The van der Waals surface area contributed by atoms with Crippen LogP contribution in [0, 0.1) is 46.3 Å². The van der Waals surface area contributed by atoms with Gasteiger partial charge in [-0.05, 0) is 66.6 Å². The summed E-state index contributed by atoms with van der Waals surface area (Å²) in [6.45, 7) is 8.51. The Bertz CT molecular complexity index is 727. The zero-order valence-corrected chi connectivity index (χ0v) is 20.1. The summed E-state index contributed by atoms with van der Waals surface area (Å²) in [5, 5.41) is 65.1. The number of fused-ring (bicyclic) bond motifs is 5. The fourth-order valence-electron chi connectivity index (χ4n) is 9.01. The van der Waals surface area contributed by atoms with E-state index in [1.807, 2.05) is 13.0 Å². The smallest absolute Gasteiger partial charge is 0.0857 e. The minimum Gasteiger partial charge on any atom is -0.396 e. The SMILES string of the molecule is CC(/C=C/[C@@H](C)[C@H]1C[C@@H](O)C2[C@]3(O)C[C@H](O)C4[C@@H](O)[C@@H](O)CC[C@]4(C)C3CC[C@@]21C)CO. The predicted molar refractivity (Wildman–Crippen MR) is 121 cm³/mol. The zero-order valence-electron chi connectivity index (χ0n) is 20.1. The lowest BCUT2D eigenvalue weighted by molar-refractivity contribution is -0.280. The minimum atomic E-state index is -1.20. The lowest BCUT2D eigenvalue weighted by atomic mass is 9.41. The van der Waals surface area contributed by atoms with Crippen LogP contribution in [0.15, 0.2) is 12.2 Å². The van der Waals surface area contributed by atoms with Crippen LogP contribution in [-0.2, 0) is 0 Å². The molecule has 0 radical (unpaired) electrons. The fourth-order valence-corrected chi connectivity index (χ4v) is 9.01. The maximum absolute atomic E-state index is 12.3. The molecule has 0 aliphatic heterocycles. The van der Waals surface area contributed by atoms with E-state index in [2.05, 4.69) is 26.8 Å². The van der Waals surface area contributed by atoms with Gasteiger partial charge in [0.1, 0.15) is 0 Å². The van der Waals surface area contributed by atoms with Crippen molar-refractivity contribution in [3.05, 3.63) is 12.2 Å². The second-order valence-corrected chi connectivity index (χ2v) is 12.3. The Balaban J connectivity index is 1.67. The van der Waals surface area contributed by atoms with Crippen molar-refractivity contribution in [2.24, 2.45) is 46.3 Å². The summed E-state index contributed by atoms with van der Waals surface area (Å²) in [6.07, 6.45) is 4.36. The van der Waals surface area contributed by atoms with Crippen LogP contribution < -0.4 is 0 Å². The van der Waals surface area contributed by atoms with Crippen LogP contribution in [0.5, 0.6) is 0 Å². The first kappa shape index (κ1) is 24.6. The maximum atomic E-state index is 12.3. The van der Waals surface area contributed by atoms with Crippen molar-refractivity contribution in [2.75, 3.05) is 6.61 Å². The summed E-state index contributed by atoms with van der Waals surface area (Å²) in [5.74, 6) is -0.422. The number of rotatable bonds is 4. The second kappa shape index (κ2) is 8.31. The largest absolute Gasteiger partial charge is 0.396 e. The van der Waals surface area contributed by atoms with Crippen LogP contribution in [0.1, 0.15) is 66.2 Å². The highest BCUT2D eigenvalue weighted by Gasteiger charge is 2.71. The van der Waals surface area contributed by atoms with Gasteiger partial charge >= 0.3 is 0 Å². The van der Waals surface area contributed by atoms with Gasteiger partial charge in [0, 0.05) is 24.9 Å². The molecule has 6 N–H and O–H groups in total. The van der Waals surface area contributed by atoms with E-state index in [-0.39, 0.29) is 48.0 Å². The number of aliphatic hydroxyl groups is 6. The van der Waals surface area contributed by atoms with Crippen LogP contribution >= 0.6 is 0 Å². The van der Waals surface area contributed by atoms with Crippen LogP contribution in [0.4, 0.5) is 0 Å². The minimum absolute atomic E-state index is 0.0887. The highest BCUT2D eigenvalue weighted by molar-refractivity contribution is 5.21. The number of hydrogen-bond donors (Lipinski definition) is 6. The van der Waals surface area contributed by atoms with Gasteiger partial charge in [-0.3, -0.25) is 0 Å². The molecule has 0 amide bonds. The first-order chi connectivity index (χ1) is 14.9. The molecule has 0 aromatic rings. The molecule has 4 saturated carbocycles. The quantitative estimate of drug-likeness (QED) is 0.362. The molecule has 0 saturated heterocycles. The molecule has 6 heteroatoms.